The van der Waals surface area contributed by atoms with Crippen molar-refractivity contribution in [1.82, 2.24) is 0 Å². The number of halogens is 3. The quantitative estimate of drug-likeness (QED) is 0.844. The molecule has 0 bridgehead atoms. The van der Waals surface area contributed by atoms with Gasteiger partial charge in [-0.2, -0.15) is 0 Å². The maximum Gasteiger partial charge on any atom is 0.152 e. The number of rotatable bonds is 2. The van der Waals surface area contributed by atoms with Crippen molar-refractivity contribution in [3.05, 3.63) is 29.6 Å². The van der Waals surface area contributed by atoms with Gasteiger partial charge in [0.05, 0.1) is 6.61 Å². The average molecular weight is 231 g/mol. The summed E-state index contributed by atoms with van der Waals surface area (Å²) in [6, 6.07) is 1.20. The molecule has 0 aliphatic carbocycles. The molecule has 1 aliphatic heterocycles. The molecule has 0 aromatic heterocycles. The Labute approximate surface area is 91.4 Å². The van der Waals surface area contributed by atoms with E-state index in [4.69, 9.17) is 4.74 Å². The van der Waals surface area contributed by atoms with Crippen molar-refractivity contribution in [2.75, 3.05) is 18.5 Å². The summed E-state index contributed by atoms with van der Waals surface area (Å²) in [4.78, 5) is 0. The molecule has 1 heterocycles. The zero-order valence-electron chi connectivity index (χ0n) is 8.60. The predicted molar refractivity (Wildman–Crippen MR) is 53.8 cm³/mol. The Kier molecular flexibility index (Phi) is 3.33. The van der Waals surface area contributed by atoms with E-state index >= 15 is 0 Å². The maximum atomic E-state index is 13.3. The maximum absolute atomic E-state index is 13.3. The van der Waals surface area contributed by atoms with E-state index in [1.807, 2.05) is 0 Å². The van der Waals surface area contributed by atoms with Crippen LogP contribution >= 0.6 is 0 Å². The Morgan fingerprint density at radius 1 is 1.19 bits per heavy atom. The number of nitrogens with one attached hydrogen (secondary N) is 1. The molecule has 0 saturated carbocycles. The lowest BCUT2D eigenvalue weighted by Gasteiger charge is -2.24. The summed E-state index contributed by atoms with van der Waals surface area (Å²) < 4.78 is 44.4. The van der Waals surface area contributed by atoms with Gasteiger partial charge in [-0.1, -0.05) is 0 Å². The first kappa shape index (κ1) is 11.3. The van der Waals surface area contributed by atoms with Gasteiger partial charge in [-0.05, 0) is 12.8 Å². The highest BCUT2D eigenvalue weighted by molar-refractivity contribution is 5.47. The third-order valence-corrected chi connectivity index (χ3v) is 2.52. The Morgan fingerprint density at radius 3 is 2.44 bits per heavy atom. The lowest BCUT2D eigenvalue weighted by molar-refractivity contribution is 0.0874. The summed E-state index contributed by atoms with van der Waals surface area (Å²) in [6.45, 7) is 1.09. The van der Waals surface area contributed by atoms with Crippen LogP contribution in [0.2, 0.25) is 0 Å². The highest BCUT2D eigenvalue weighted by atomic mass is 19.1. The zero-order valence-corrected chi connectivity index (χ0v) is 8.60. The minimum Gasteiger partial charge on any atom is -0.379 e. The van der Waals surface area contributed by atoms with E-state index in [2.05, 4.69) is 5.32 Å². The van der Waals surface area contributed by atoms with Gasteiger partial charge >= 0.3 is 0 Å². The molecule has 1 aliphatic rings. The third-order valence-electron chi connectivity index (χ3n) is 2.52. The number of benzene rings is 1. The summed E-state index contributed by atoms with van der Waals surface area (Å²) in [5, 5.41) is 2.70. The van der Waals surface area contributed by atoms with Crippen molar-refractivity contribution in [3.63, 3.8) is 0 Å². The number of anilines is 1. The van der Waals surface area contributed by atoms with Crippen molar-refractivity contribution in [2.24, 2.45) is 0 Å². The SMILES string of the molecule is Fc1cc(F)c(NC2CCCOC2)c(F)c1. The van der Waals surface area contributed by atoms with Gasteiger partial charge in [-0.25, -0.2) is 13.2 Å². The molecule has 1 saturated heterocycles. The lowest BCUT2D eigenvalue weighted by atomic mass is 10.1. The van der Waals surface area contributed by atoms with Crippen LogP contribution in [0.3, 0.4) is 0 Å². The molecule has 2 nitrogen and oxygen atoms in total. The average Bonchev–Trinajstić information content (AvgIpc) is 2.25. The molecule has 1 aromatic carbocycles. The molecular formula is C11H12F3NO. The fourth-order valence-corrected chi connectivity index (χ4v) is 1.74. The second-order valence-electron chi connectivity index (χ2n) is 3.80. The normalized spacial score (nSPS) is 20.8. The largest absolute Gasteiger partial charge is 0.379 e. The van der Waals surface area contributed by atoms with Gasteiger partial charge in [-0.3, -0.25) is 0 Å². The molecule has 1 atom stereocenters. The van der Waals surface area contributed by atoms with Crippen molar-refractivity contribution >= 4 is 5.69 Å². The van der Waals surface area contributed by atoms with Crippen LogP contribution in [0.15, 0.2) is 12.1 Å². The molecular weight excluding hydrogens is 219 g/mol. The third kappa shape index (κ3) is 2.47. The fourth-order valence-electron chi connectivity index (χ4n) is 1.74. The van der Waals surface area contributed by atoms with E-state index in [9.17, 15) is 13.2 Å². The molecule has 5 heteroatoms. The van der Waals surface area contributed by atoms with Gasteiger partial charge in [-0.15, -0.1) is 0 Å². The van der Waals surface area contributed by atoms with Crippen LogP contribution in [0.25, 0.3) is 0 Å². The van der Waals surface area contributed by atoms with Crippen molar-refractivity contribution < 1.29 is 17.9 Å². The number of ether oxygens (including phenoxy) is 1. The molecule has 1 unspecified atom stereocenters. The second kappa shape index (κ2) is 4.74. The molecule has 1 fully saturated rings. The van der Waals surface area contributed by atoms with E-state index < -0.39 is 17.5 Å². The van der Waals surface area contributed by atoms with E-state index in [1.165, 1.54) is 0 Å². The summed E-state index contributed by atoms with van der Waals surface area (Å²) in [5.74, 6) is -2.74. The number of hydrogen-bond donors (Lipinski definition) is 1. The Balaban J connectivity index is 2.14. The topological polar surface area (TPSA) is 21.3 Å². The van der Waals surface area contributed by atoms with E-state index in [1.54, 1.807) is 0 Å². The summed E-state index contributed by atoms with van der Waals surface area (Å²) in [7, 11) is 0. The van der Waals surface area contributed by atoms with Crippen molar-refractivity contribution in [1.29, 1.82) is 0 Å². The molecule has 2 rings (SSSR count). The van der Waals surface area contributed by atoms with Crippen LogP contribution in [-0.2, 0) is 4.74 Å². The van der Waals surface area contributed by atoms with Crippen molar-refractivity contribution in [3.8, 4) is 0 Å². The summed E-state index contributed by atoms with van der Waals surface area (Å²) in [5.41, 5.74) is -0.281. The first-order valence-electron chi connectivity index (χ1n) is 5.15. The van der Waals surface area contributed by atoms with Crippen LogP contribution in [-0.4, -0.2) is 19.3 Å². The number of hydrogen-bond acceptors (Lipinski definition) is 2. The Hall–Kier alpha value is -1.23. The molecule has 0 amide bonds. The van der Waals surface area contributed by atoms with Crippen LogP contribution in [0, 0.1) is 17.5 Å². The smallest absolute Gasteiger partial charge is 0.152 e. The molecule has 16 heavy (non-hydrogen) atoms. The van der Waals surface area contributed by atoms with Crippen LogP contribution in [0.4, 0.5) is 18.9 Å². The van der Waals surface area contributed by atoms with Crippen LogP contribution in [0.1, 0.15) is 12.8 Å². The Bertz CT molecular complexity index is 354. The standard InChI is InChI=1S/C11H12F3NO/c12-7-4-9(13)11(10(14)5-7)15-8-2-1-3-16-6-8/h4-5,8,15H,1-3,6H2. The monoisotopic (exact) mass is 231 g/mol. The van der Waals surface area contributed by atoms with Crippen molar-refractivity contribution in [2.45, 2.75) is 18.9 Å². The second-order valence-corrected chi connectivity index (χ2v) is 3.80. The molecule has 0 radical (unpaired) electrons. The lowest BCUT2D eigenvalue weighted by Crippen LogP contribution is -2.30. The first-order chi connectivity index (χ1) is 7.66. The van der Waals surface area contributed by atoms with E-state index in [-0.39, 0.29) is 11.7 Å². The first-order valence-corrected chi connectivity index (χ1v) is 5.15. The van der Waals surface area contributed by atoms with E-state index in [0.29, 0.717) is 25.3 Å². The van der Waals surface area contributed by atoms with Crippen LogP contribution in [0.5, 0.6) is 0 Å². The highest BCUT2D eigenvalue weighted by Gasteiger charge is 2.18. The van der Waals surface area contributed by atoms with Gasteiger partial charge in [0.25, 0.3) is 0 Å². The van der Waals surface area contributed by atoms with Crippen LogP contribution < -0.4 is 5.32 Å². The minimum absolute atomic E-state index is 0.122. The van der Waals surface area contributed by atoms with E-state index in [0.717, 1.165) is 12.8 Å². The molecule has 1 N–H and O–H groups in total. The molecule has 88 valence electrons. The van der Waals surface area contributed by atoms with Gasteiger partial charge in [0.15, 0.2) is 11.6 Å². The van der Waals surface area contributed by atoms with Gasteiger partial charge in [0, 0.05) is 24.8 Å². The fraction of sp³-hybridized carbons (Fsp3) is 0.455. The van der Waals surface area contributed by atoms with Gasteiger partial charge < -0.3 is 10.1 Å². The summed E-state index contributed by atoms with van der Waals surface area (Å²) in [6.07, 6.45) is 1.64. The van der Waals surface area contributed by atoms with Gasteiger partial charge in [0.1, 0.15) is 11.5 Å². The minimum atomic E-state index is -0.916. The highest BCUT2D eigenvalue weighted by Crippen LogP contribution is 2.22. The Morgan fingerprint density at radius 2 is 1.88 bits per heavy atom. The zero-order chi connectivity index (χ0) is 11.5. The summed E-state index contributed by atoms with van der Waals surface area (Å²) >= 11 is 0. The predicted octanol–water partition coefficient (Wildman–Crippen LogP) is 2.69. The molecule has 0 spiro atoms. The molecule has 1 aromatic rings. The van der Waals surface area contributed by atoms with Gasteiger partial charge in [0.2, 0.25) is 0 Å².